The lowest BCUT2D eigenvalue weighted by Gasteiger charge is -2.22. The molecule has 1 heterocycles. The summed E-state index contributed by atoms with van der Waals surface area (Å²) in [4.78, 5) is 11.9. The third-order valence-electron chi connectivity index (χ3n) is 3.27. The minimum absolute atomic E-state index is 0.0563. The van der Waals surface area contributed by atoms with E-state index in [4.69, 9.17) is 5.26 Å². The molecule has 16 heavy (non-hydrogen) atoms. The van der Waals surface area contributed by atoms with Crippen molar-refractivity contribution in [2.45, 2.75) is 25.6 Å². The summed E-state index contributed by atoms with van der Waals surface area (Å²) in [5, 5.41) is 8.87. The van der Waals surface area contributed by atoms with Crippen LogP contribution in [-0.2, 0) is 11.2 Å². The maximum atomic E-state index is 11.9. The van der Waals surface area contributed by atoms with E-state index in [9.17, 15) is 4.79 Å². The van der Waals surface area contributed by atoms with Gasteiger partial charge in [0.2, 0.25) is 0 Å². The summed E-state index contributed by atoms with van der Waals surface area (Å²) >= 11 is 0. The molecule has 0 saturated carbocycles. The number of rotatable bonds is 2. The topological polar surface area (TPSA) is 40.9 Å². The highest BCUT2D eigenvalue weighted by molar-refractivity contribution is 6.96. The number of hydrogen-bond donors (Lipinski definition) is 0. The second-order valence-corrected chi connectivity index (χ2v) is 4.40. The Morgan fingerprint density at radius 2 is 2.12 bits per heavy atom. The van der Waals surface area contributed by atoms with E-state index in [1.165, 1.54) is 5.56 Å². The standard InChI is InChI=1S/C13H14BNO/c15-10-14-8-4-7-12(13(14)16)9-11-5-2-1-3-6-11/h1-3,5-6,12H,4,7-9H2. The van der Waals surface area contributed by atoms with Gasteiger partial charge in [0.15, 0.2) is 0 Å². The van der Waals surface area contributed by atoms with Gasteiger partial charge in [-0.25, -0.2) is 5.26 Å². The van der Waals surface area contributed by atoms with Crippen LogP contribution in [0.15, 0.2) is 30.3 Å². The largest absolute Gasteiger partial charge is 0.344 e. The molecule has 2 nitrogen and oxygen atoms in total. The van der Waals surface area contributed by atoms with Crippen molar-refractivity contribution in [1.82, 2.24) is 0 Å². The zero-order chi connectivity index (χ0) is 11.4. The van der Waals surface area contributed by atoms with Crippen molar-refractivity contribution in [2.75, 3.05) is 0 Å². The first-order chi connectivity index (χ1) is 7.81. The van der Waals surface area contributed by atoms with Crippen LogP contribution >= 0.6 is 0 Å². The Labute approximate surface area is 96.4 Å². The van der Waals surface area contributed by atoms with E-state index in [0.29, 0.717) is 0 Å². The third-order valence-corrected chi connectivity index (χ3v) is 3.27. The highest BCUT2D eigenvalue weighted by Crippen LogP contribution is 2.24. The molecule has 1 fully saturated rings. The van der Waals surface area contributed by atoms with Crippen molar-refractivity contribution >= 4 is 12.4 Å². The van der Waals surface area contributed by atoms with Crippen molar-refractivity contribution < 1.29 is 4.79 Å². The van der Waals surface area contributed by atoms with Gasteiger partial charge in [-0.3, -0.25) is 0 Å². The normalized spacial score (nSPS) is 20.6. The summed E-state index contributed by atoms with van der Waals surface area (Å²) in [7, 11) is 0. The van der Waals surface area contributed by atoms with Gasteiger partial charge in [-0.2, -0.15) is 0 Å². The van der Waals surface area contributed by atoms with Crippen LogP contribution < -0.4 is 0 Å². The molecule has 1 saturated heterocycles. The summed E-state index contributed by atoms with van der Waals surface area (Å²) in [5.74, 6) is 2.18. The van der Waals surface area contributed by atoms with Crippen molar-refractivity contribution in [3.8, 4) is 5.97 Å². The fourth-order valence-electron chi connectivity index (χ4n) is 2.37. The summed E-state index contributed by atoms with van der Waals surface area (Å²) < 4.78 is 0. The van der Waals surface area contributed by atoms with Crippen LogP contribution in [0.25, 0.3) is 0 Å². The van der Waals surface area contributed by atoms with E-state index in [1.54, 1.807) is 0 Å². The van der Waals surface area contributed by atoms with Gasteiger partial charge in [0.1, 0.15) is 5.68 Å². The van der Waals surface area contributed by atoms with Gasteiger partial charge >= 0.3 is 6.71 Å². The van der Waals surface area contributed by atoms with Crippen LogP contribution in [0.1, 0.15) is 18.4 Å². The summed E-state index contributed by atoms with van der Waals surface area (Å²) in [6, 6.07) is 10.0. The van der Waals surface area contributed by atoms with Crippen molar-refractivity contribution in [1.29, 1.82) is 5.26 Å². The van der Waals surface area contributed by atoms with E-state index < -0.39 is 0 Å². The number of nitrogens with zero attached hydrogens (tertiary/aromatic N) is 1. The second-order valence-electron chi connectivity index (χ2n) is 4.40. The van der Waals surface area contributed by atoms with Crippen LogP contribution in [0.2, 0.25) is 6.32 Å². The molecule has 0 spiro atoms. The molecule has 0 bridgehead atoms. The highest BCUT2D eigenvalue weighted by atomic mass is 16.1. The SMILES string of the molecule is N#CB1CCCC(Cc2ccccc2)C1=O. The van der Waals surface area contributed by atoms with E-state index >= 15 is 0 Å². The van der Waals surface area contributed by atoms with E-state index in [2.05, 4.69) is 5.97 Å². The fourth-order valence-corrected chi connectivity index (χ4v) is 2.37. The number of hydrogen-bond acceptors (Lipinski definition) is 2. The Morgan fingerprint density at radius 3 is 2.81 bits per heavy atom. The lowest BCUT2D eigenvalue weighted by Crippen LogP contribution is -2.36. The first kappa shape index (κ1) is 10.9. The van der Waals surface area contributed by atoms with Crippen LogP contribution in [-0.4, -0.2) is 12.4 Å². The Morgan fingerprint density at radius 1 is 1.38 bits per heavy atom. The summed E-state index contributed by atoms with van der Waals surface area (Å²) in [6.45, 7) is -0.359. The van der Waals surface area contributed by atoms with Crippen molar-refractivity contribution in [3.63, 3.8) is 0 Å². The molecule has 3 heteroatoms. The fraction of sp³-hybridized carbons (Fsp3) is 0.385. The van der Waals surface area contributed by atoms with Crippen LogP contribution in [0.3, 0.4) is 0 Å². The molecular weight excluding hydrogens is 197 g/mol. The summed E-state index contributed by atoms with van der Waals surface area (Å²) in [6.07, 6.45) is 3.48. The molecule has 0 aromatic heterocycles. The Kier molecular flexibility index (Phi) is 3.41. The third kappa shape index (κ3) is 2.33. The van der Waals surface area contributed by atoms with Gasteiger partial charge in [-0.1, -0.05) is 43.1 Å². The Bertz CT molecular complexity index is 410. The van der Waals surface area contributed by atoms with E-state index in [1.807, 2.05) is 30.3 Å². The van der Waals surface area contributed by atoms with Gasteiger partial charge in [-0.15, -0.1) is 0 Å². The molecule has 1 aromatic rings. The van der Waals surface area contributed by atoms with E-state index in [-0.39, 0.29) is 18.3 Å². The number of benzene rings is 1. The van der Waals surface area contributed by atoms with Gasteiger partial charge in [0, 0.05) is 11.9 Å². The molecular formula is C13H14BNO. The van der Waals surface area contributed by atoms with Crippen LogP contribution in [0, 0.1) is 17.1 Å². The maximum absolute atomic E-state index is 11.9. The Hall–Kier alpha value is -1.56. The van der Waals surface area contributed by atoms with E-state index in [0.717, 1.165) is 25.6 Å². The molecule has 1 aromatic carbocycles. The monoisotopic (exact) mass is 211 g/mol. The van der Waals surface area contributed by atoms with Crippen LogP contribution in [0.4, 0.5) is 0 Å². The first-order valence-electron chi connectivity index (χ1n) is 5.78. The number of carbonyl (C=O) groups is 1. The maximum Gasteiger partial charge on any atom is 0.344 e. The molecule has 0 aliphatic carbocycles. The van der Waals surface area contributed by atoms with Crippen molar-refractivity contribution in [2.24, 2.45) is 5.92 Å². The smallest absolute Gasteiger partial charge is 0.309 e. The van der Waals surface area contributed by atoms with Gasteiger partial charge in [-0.05, 0) is 18.4 Å². The lowest BCUT2D eigenvalue weighted by molar-refractivity contribution is -0.116. The molecule has 1 aliphatic rings. The zero-order valence-electron chi connectivity index (χ0n) is 9.23. The molecule has 2 rings (SSSR count). The molecule has 1 unspecified atom stereocenters. The van der Waals surface area contributed by atoms with Gasteiger partial charge in [0.25, 0.3) is 0 Å². The highest BCUT2D eigenvalue weighted by Gasteiger charge is 2.34. The predicted octanol–water partition coefficient (Wildman–Crippen LogP) is 2.30. The first-order valence-corrected chi connectivity index (χ1v) is 5.78. The Balaban J connectivity index is 2.05. The van der Waals surface area contributed by atoms with Crippen LogP contribution in [0.5, 0.6) is 0 Å². The van der Waals surface area contributed by atoms with Gasteiger partial charge < -0.3 is 4.79 Å². The van der Waals surface area contributed by atoms with Crippen molar-refractivity contribution in [3.05, 3.63) is 35.9 Å². The zero-order valence-corrected chi connectivity index (χ0v) is 9.23. The van der Waals surface area contributed by atoms with Gasteiger partial charge in [0.05, 0.1) is 0 Å². The minimum atomic E-state index is -0.359. The molecule has 0 amide bonds. The number of nitriles is 1. The average Bonchev–Trinajstić information content (AvgIpc) is 2.33. The lowest BCUT2D eigenvalue weighted by atomic mass is 9.39. The second kappa shape index (κ2) is 4.98. The predicted molar refractivity (Wildman–Crippen MR) is 64.1 cm³/mol. The molecule has 80 valence electrons. The summed E-state index contributed by atoms with van der Waals surface area (Å²) in [5.41, 5.74) is 1.34. The molecule has 0 N–H and O–H groups in total. The molecule has 1 aliphatic heterocycles. The number of carbonyl (C=O) groups excluding carboxylic acids is 1. The minimum Gasteiger partial charge on any atom is -0.309 e. The molecule has 0 radical (unpaired) electrons. The quantitative estimate of drug-likeness (QED) is 0.704. The molecule has 1 atom stereocenters. The average molecular weight is 211 g/mol.